The number of fused-ring (bicyclic) bond motifs is 1. The molecule has 202 valence electrons. The van der Waals surface area contributed by atoms with Gasteiger partial charge in [-0.1, -0.05) is 66.7 Å². The maximum atomic E-state index is 13.8. The molecule has 4 aromatic rings. The van der Waals surface area contributed by atoms with E-state index in [9.17, 15) is 9.59 Å². The first-order valence-electron chi connectivity index (χ1n) is 14.2. The van der Waals surface area contributed by atoms with Crippen LogP contribution in [0.1, 0.15) is 45.5 Å². The van der Waals surface area contributed by atoms with Gasteiger partial charge in [-0.3, -0.25) is 9.59 Å². The highest BCUT2D eigenvalue weighted by atomic mass is 16.2. The summed E-state index contributed by atoms with van der Waals surface area (Å²) in [6, 6.07) is 33.2. The predicted molar refractivity (Wildman–Crippen MR) is 162 cm³/mol. The largest absolute Gasteiger partial charge is 0.322 e. The van der Waals surface area contributed by atoms with Gasteiger partial charge in [0, 0.05) is 35.6 Å². The maximum absolute atomic E-state index is 13.8. The van der Waals surface area contributed by atoms with Crippen LogP contribution in [0.2, 0.25) is 0 Å². The summed E-state index contributed by atoms with van der Waals surface area (Å²) in [5, 5.41) is 3.01. The average Bonchev–Trinajstić information content (AvgIpc) is 3.14. The third kappa shape index (κ3) is 5.30. The van der Waals surface area contributed by atoms with Crippen molar-refractivity contribution in [1.29, 1.82) is 0 Å². The van der Waals surface area contributed by atoms with Crippen molar-refractivity contribution in [2.24, 2.45) is 5.41 Å². The minimum Gasteiger partial charge on any atom is -0.322 e. The Morgan fingerprint density at radius 1 is 0.775 bits per heavy atom. The third-order valence-corrected chi connectivity index (χ3v) is 8.46. The number of nitrogens with one attached hydrogen (secondary N) is 1. The standard InChI is InChI=1S/C35H35N3O2/c1-37-22-9-20-35(25-37)21-23-38(32-15-8-5-12-28(32)24-35)34(40)27-16-18-29(19-17-27)36-33(39)31-14-7-6-13-30(31)26-10-3-2-4-11-26/h2-8,10-19H,9,20-25H2,1H3,(H,36,39). The number of benzene rings is 4. The summed E-state index contributed by atoms with van der Waals surface area (Å²) in [7, 11) is 2.21. The highest BCUT2D eigenvalue weighted by molar-refractivity contribution is 6.09. The van der Waals surface area contributed by atoms with Crippen molar-refractivity contribution < 1.29 is 9.59 Å². The van der Waals surface area contributed by atoms with Crippen molar-refractivity contribution >= 4 is 23.2 Å². The van der Waals surface area contributed by atoms with Crippen LogP contribution in [0.15, 0.2) is 103 Å². The molecule has 5 heteroatoms. The smallest absolute Gasteiger partial charge is 0.258 e. The van der Waals surface area contributed by atoms with Crippen LogP contribution in [-0.4, -0.2) is 43.4 Å². The van der Waals surface area contributed by atoms with Gasteiger partial charge < -0.3 is 15.1 Å². The molecule has 2 aliphatic rings. The number of likely N-dealkylation sites (tertiary alicyclic amines) is 1. The molecule has 5 nitrogen and oxygen atoms in total. The zero-order chi connectivity index (χ0) is 27.5. The van der Waals surface area contributed by atoms with E-state index in [4.69, 9.17) is 0 Å². The molecular weight excluding hydrogens is 494 g/mol. The Hall–Kier alpha value is -4.22. The molecule has 1 spiro atoms. The number of para-hydroxylation sites is 1. The first-order chi connectivity index (χ1) is 19.5. The van der Waals surface area contributed by atoms with Gasteiger partial charge in [-0.15, -0.1) is 0 Å². The van der Waals surface area contributed by atoms with E-state index in [-0.39, 0.29) is 17.2 Å². The average molecular weight is 530 g/mol. The van der Waals surface area contributed by atoms with Crippen LogP contribution in [0, 0.1) is 5.41 Å². The molecule has 2 aliphatic heterocycles. The van der Waals surface area contributed by atoms with Crippen LogP contribution in [0.4, 0.5) is 11.4 Å². The molecule has 4 aromatic carbocycles. The summed E-state index contributed by atoms with van der Waals surface area (Å²) >= 11 is 0. The Bertz CT molecular complexity index is 1520. The fourth-order valence-corrected chi connectivity index (χ4v) is 6.50. The van der Waals surface area contributed by atoms with Crippen molar-refractivity contribution in [2.75, 3.05) is 36.9 Å². The molecule has 0 aliphatic carbocycles. The van der Waals surface area contributed by atoms with Crippen LogP contribution in [-0.2, 0) is 6.42 Å². The highest BCUT2D eigenvalue weighted by Crippen LogP contribution is 2.42. The number of rotatable bonds is 4. The molecule has 0 saturated carbocycles. The van der Waals surface area contributed by atoms with Gasteiger partial charge in [0.2, 0.25) is 0 Å². The molecule has 2 heterocycles. The quantitative estimate of drug-likeness (QED) is 0.313. The van der Waals surface area contributed by atoms with E-state index in [1.54, 1.807) is 0 Å². The molecule has 1 N–H and O–H groups in total. The van der Waals surface area contributed by atoms with Gasteiger partial charge in [-0.25, -0.2) is 0 Å². The Morgan fingerprint density at radius 2 is 1.50 bits per heavy atom. The lowest BCUT2D eigenvalue weighted by molar-refractivity contribution is 0.0943. The Morgan fingerprint density at radius 3 is 2.30 bits per heavy atom. The van der Waals surface area contributed by atoms with Crippen LogP contribution in [0.25, 0.3) is 11.1 Å². The fourth-order valence-electron chi connectivity index (χ4n) is 6.50. The number of anilines is 2. The first-order valence-corrected chi connectivity index (χ1v) is 14.2. The number of piperidine rings is 1. The topological polar surface area (TPSA) is 52.6 Å². The summed E-state index contributed by atoms with van der Waals surface area (Å²) in [4.78, 5) is 31.5. The second-order valence-corrected chi connectivity index (χ2v) is 11.3. The van der Waals surface area contributed by atoms with E-state index in [0.29, 0.717) is 23.4 Å². The van der Waals surface area contributed by atoms with Gasteiger partial charge >= 0.3 is 0 Å². The SMILES string of the molecule is CN1CCCC2(CCN(C(=O)c3ccc(NC(=O)c4ccccc4-c4ccccc4)cc3)c3ccccc3C2)C1. The van der Waals surface area contributed by atoms with Gasteiger partial charge in [0.05, 0.1) is 0 Å². The summed E-state index contributed by atoms with van der Waals surface area (Å²) in [5.74, 6) is -0.177. The summed E-state index contributed by atoms with van der Waals surface area (Å²) in [5.41, 5.74) is 6.25. The molecule has 0 bridgehead atoms. The van der Waals surface area contributed by atoms with E-state index >= 15 is 0 Å². The minimum absolute atomic E-state index is 0.000892. The molecule has 0 radical (unpaired) electrons. The van der Waals surface area contributed by atoms with Gasteiger partial charge in [0.1, 0.15) is 0 Å². The Labute approximate surface area is 236 Å². The van der Waals surface area contributed by atoms with Gasteiger partial charge in [-0.05, 0) is 97.8 Å². The lowest BCUT2D eigenvalue weighted by Crippen LogP contribution is -2.43. The number of carbonyl (C=O) groups excluding carboxylic acids is 2. The zero-order valence-corrected chi connectivity index (χ0v) is 23.0. The van der Waals surface area contributed by atoms with Crippen molar-refractivity contribution in [1.82, 2.24) is 4.90 Å². The summed E-state index contributed by atoms with van der Waals surface area (Å²) in [6.07, 6.45) is 4.41. The normalized spacial score (nSPS) is 19.1. The minimum atomic E-state index is -0.178. The first kappa shape index (κ1) is 26.0. The molecule has 40 heavy (non-hydrogen) atoms. The van der Waals surface area contributed by atoms with E-state index in [0.717, 1.165) is 42.7 Å². The molecule has 1 unspecified atom stereocenters. The fraction of sp³-hybridized carbons (Fsp3) is 0.257. The van der Waals surface area contributed by atoms with Crippen LogP contribution in [0.3, 0.4) is 0 Å². The second-order valence-electron chi connectivity index (χ2n) is 11.3. The predicted octanol–water partition coefficient (Wildman–Crippen LogP) is 6.91. The van der Waals surface area contributed by atoms with E-state index in [1.165, 1.54) is 18.4 Å². The van der Waals surface area contributed by atoms with Gasteiger partial charge in [0.15, 0.2) is 0 Å². The van der Waals surface area contributed by atoms with E-state index in [2.05, 4.69) is 35.5 Å². The highest BCUT2D eigenvalue weighted by Gasteiger charge is 2.38. The van der Waals surface area contributed by atoms with Crippen LogP contribution < -0.4 is 10.2 Å². The van der Waals surface area contributed by atoms with E-state index < -0.39 is 0 Å². The number of amides is 2. The van der Waals surface area contributed by atoms with Crippen molar-refractivity contribution in [2.45, 2.75) is 25.7 Å². The molecule has 1 saturated heterocycles. The molecule has 6 rings (SSSR count). The van der Waals surface area contributed by atoms with Crippen LogP contribution >= 0.6 is 0 Å². The van der Waals surface area contributed by atoms with Crippen molar-refractivity contribution in [3.8, 4) is 11.1 Å². The van der Waals surface area contributed by atoms with Crippen LogP contribution in [0.5, 0.6) is 0 Å². The zero-order valence-electron chi connectivity index (χ0n) is 23.0. The number of hydrogen-bond acceptors (Lipinski definition) is 3. The maximum Gasteiger partial charge on any atom is 0.258 e. The van der Waals surface area contributed by atoms with E-state index in [1.807, 2.05) is 89.8 Å². The van der Waals surface area contributed by atoms with Crippen molar-refractivity contribution in [3.05, 3.63) is 120 Å². The number of carbonyl (C=O) groups is 2. The molecule has 0 aromatic heterocycles. The summed E-state index contributed by atoms with van der Waals surface area (Å²) < 4.78 is 0. The molecular formula is C35H35N3O2. The summed E-state index contributed by atoms with van der Waals surface area (Å²) in [6.45, 7) is 2.93. The number of hydrogen-bond donors (Lipinski definition) is 1. The second kappa shape index (κ2) is 11.1. The molecule has 2 amide bonds. The van der Waals surface area contributed by atoms with Crippen molar-refractivity contribution in [3.63, 3.8) is 0 Å². The lowest BCUT2D eigenvalue weighted by Gasteiger charge is -2.41. The molecule has 1 atom stereocenters. The Kier molecular flexibility index (Phi) is 7.23. The Balaban J connectivity index is 1.20. The lowest BCUT2D eigenvalue weighted by atomic mass is 9.73. The third-order valence-electron chi connectivity index (χ3n) is 8.46. The van der Waals surface area contributed by atoms with Gasteiger partial charge in [0.25, 0.3) is 11.8 Å². The monoisotopic (exact) mass is 529 g/mol. The van der Waals surface area contributed by atoms with Gasteiger partial charge in [-0.2, -0.15) is 0 Å². The molecule has 1 fully saturated rings. The number of nitrogens with zero attached hydrogens (tertiary/aromatic N) is 2.